The van der Waals surface area contributed by atoms with Gasteiger partial charge in [0.1, 0.15) is 0 Å². The highest BCUT2D eigenvalue weighted by Gasteiger charge is 2.27. The second-order valence-electron chi connectivity index (χ2n) is 8.33. The first-order valence-corrected chi connectivity index (χ1v) is 12.7. The third-order valence-corrected chi connectivity index (χ3v) is 7.31. The number of carbonyl (C=O) groups is 1. The number of hydrogen-bond donors (Lipinski definition) is 1. The van der Waals surface area contributed by atoms with E-state index in [1.165, 1.54) is 23.9 Å². The molecule has 0 saturated carbocycles. The minimum atomic E-state index is -3.92. The van der Waals surface area contributed by atoms with Gasteiger partial charge < -0.3 is 0 Å². The monoisotopic (exact) mass is 497 g/mol. The number of benzene rings is 3. The molecule has 0 radical (unpaired) electrons. The van der Waals surface area contributed by atoms with E-state index in [1.54, 1.807) is 36.4 Å². The van der Waals surface area contributed by atoms with E-state index in [9.17, 15) is 13.2 Å². The normalized spacial score (nSPS) is 11.9. The summed E-state index contributed by atoms with van der Waals surface area (Å²) < 4.78 is 27.8. The third-order valence-electron chi connectivity index (χ3n) is 5.26. The maximum absolute atomic E-state index is 13.3. The summed E-state index contributed by atoms with van der Waals surface area (Å²) in [6.07, 6.45) is 1.53. The van der Waals surface area contributed by atoms with E-state index in [2.05, 4.69) is 24.4 Å². The molecule has 0 unspecified atom stereocenters. The minimum Gasteiger partial charge on any atom is -0.272 e. The van der Waals surface area contributed by atoms with Gasteiger partial charge in [-0.25, -0.2) is 13.8 Å². The molecule has 8 heteroatoms. The molecule has 1 amide bonds. The molecule has 0 aliphatic rings. The van der Waals surface area contributed by atoms with Gasteiger partial charge in [-0.3, -0.25) is 4.79 Å². The summed E-state index contributed by atoms with van der Waals surface area (Å²) in [5.41, 5.74) is 6.12. The maximum Gasteiger partial charge on any atom is 0.255 e. The highest BCUT2D eigenvalue weighted by atomic mass is 35.5. The molecule has 0 aliphatic carbocycles. The fraction of sp³-hybridized carbons (Fsp3) is 0.231. The van der Waals surface area contributed by atoms with Crippen molar-refractivity contribution in [2.45, 2.75) is 38.1 Å². The molecule has 0 heterocycles. The van der Waals surface area contributed by atoms with Crippen molar-refractivity contribution < 1.29 is 13.2 Å². The first-order chi connectivity index (χ1) is 16.1. The molecule has 6 nitrogen and oxygen atoms in total. The number of sulfonamides is 1. The van der Waals surface area contributed by atoms with Crippen molar-refractivity contribution in [3.63, 3.8) is 0 Å². The van der Waals surface area contributed by atoms with E-state index in [0.29, 0.717) is 16.5 Å². The van der Waals surface area contributed by atoms with Crippen LogP contribution in [0.4, 0.5) is 0 Å². The topological polar surface area (TPSA) is 78.8 Å². The number of halogens is 1. The van der Waals surface area contributed by atoms with Crippen molar-refractivity contribution in [1.82, 2.24) is 9.73 Å². The molecule has 0 atom stereocenters. The van der Waals surface area contributed by atoms with Crippen molar-refractivity contribution in [2.75, 3.05) is 6.54 Å². The van der Waals surface area contributed by atoms with Gasteiger partial charge in [0, 0.05) is 11.6 Å². The fourth-order valence-electron chi connectivity index (χ4n) is 3.22. The molecule has 34 heavy (non-hydrogen) atoms. The molecule has 0 fully saturated rings. The van der Waals surface area contributed by atoms with Crippen LogP contribution >= 0.6 is 11.6 Å². The van der Waals surface area contributed by atoms with Crippen molar-refractivity contribution >= 4 is 33.7 Å². The Morgan fingerprint density at radius 2 is 1.62 bits per heavy atom. The fourth-order valence-corrected chi connectivity index (χ4v) is 4.73. The van der Waals surface area contributed by atoms with E-state index < -0.39 is 15.9 Å². The summed E-state index contributed by atoms with van der Waals surface area (Å²) in [6, 6.07) is 21.2. The lowest BCUT2D eigenvalue weighted by Crippen LogP contribution is -2.39. The van der Waals surface area contributed by atoms with E-state index in [4.69, 9.17) is 11.6 Å². The van der Waals surface area contributed by atoms with Crippen LogP contribution in [0.25, 0.3) is 0 Å². The van der Waals surface area contributed by atoms with Gasteiger partial charge in [0.15, 0.2) is 0 Å². The molecule has 0 aliphatic heterocycles. The molecule has 0 bridgehead atoms. The van der Waals surface area contributed by atoms with Crippen molar-refractivity contribution in [2.24, 2.45) is 5.10 Å². The lowest BCUT2D eigenvalue weighted by molar-refractivity contribution is -0.121. The number of rotatable bonds is 9. The van der Waals surface area contributed by atoms with Gasteiger partial charge in [-0.2, -0.15) is 9.41 Å². The largest absolute Gasteiger partial charge is 0.272 e. The van der Waals surface area contributed by atoms with Crippen molar-refractivity contribution in [3.8, 4) is 0 Å². The summed E-state index contributed by atoms with van der Waals surface area (Å²) in [6.45, 7) is 5.74. The van der Waals surface area contributed by atoms with Crippen molar-refractivity contribution in [1.29, 1.82) is 0 Å². The van der Waals surface area contributed by atoms with Gasteiger partial charge in [-0.05, 0) is 53.8 Å². The van der Waals surface area contributed by atoms with Crippen molar-refractivity contribution in [3.05, 3.63) is 100 Å². The van der Waals surface area contributed by atoms with Crippen LogP contribution in [-0.2, 0) is 21.4 Å². The first kappa shape index (κ1) is 25.6. The first-order valence-electron chi connectivity index (χ1n) is 10.9. The van der Waals surface area contributed by atoms with Crippen LogP contribution in [-0.4, -0.2) is 31.4 Å². The Balaban J connectivity index is 1.75. The average Bonchev–Trinajstić information content (AvgIpc) is 2.80. The molecule has 0 spiro atoms. The van der Waals surface area contributed by atoms with Crippen LogP contribution in [0.1, 0.15) is 42.0 Å². The number of aryl methyl sites for hydroxylation is 1. The van der Waals surface area contributed by atoms with Gasteiger partial charge in [0.2, 0.25) is 10.0 Å². The minimum absolute atomic E-state index is 0.0151. The highest BCUT2D eigenvalue weighted by Crippen LogP contribution is 2.20. The van der Waals surface area contributed by atoms with E-state index in [-0.39, 0.29) is 18.0 Å². The quantitative estimate of drug-likeness (QED) is 0.329. The summed E-state index contributed by atoms with van der Waals surface area (Å²) in [5.74, 6) is -0.118. The molecule has 3 aromatic rings. The number of hydrazone groups is 1. The van der Waals surface area contributed by atoms with Gasteiger partial charge >= 0.3 is 0 Å². The summed E-state index contributed by atoms with van der Waals surface area (Å²) in [4.78, 5) is 12.7. The number of nitrogens with zero attached hydrogens (tertiary/aromatic N) is 2. The highest BCUT2D eigenvalue weighted by molar-refractivity contribution is 7.89. The molecule has 1 N–H and O–H groups in total. The maximum atomic E-state index is 13.3. The average molecular weight is 498 g/mol. The predicted octanol–water partition coefficient (Wildman–Crippen LogP) is 5.11. The molecule has 3 rings (SSSR count). The Hall–Kier alpha value is -3.00. The van der Waals surface area contributed by atoms with Crippen LogP contribution in [0.3, 0.4) is 0 Å². The lowest BCUT2D eigenvalue weighted by atomic mass is 10.0. The Morgan fingerprint density at radius 3 is 2.21 bits per heavy atom. The Bertz CT molecular complexity index is 1240. The number of amides is 1. The van der Waals surface area contributed by atoms with Crippen LogP contribution in [0.5, 0.6) is 0 Å². The molecule has 0 aromatic heterocycles. The second-order valence-corrected chi connectivity index (χ2v) is 10.7. The third kappa shape index (κ3) is 7.00. The van der Waals surface area contributed by atoms with Gasteiger partial charge in [0.25, 0.3) is 5.91 Å². The zero-order valence-electron chi connectivity index (χ0n) is 19.4. The zero-order chi connectivity index (χ0) is 24.7. The van der Waals surface area contributed by atoms with E-state index in [1.807, 2.05) is 31.2 Å². The van der Waals surface area contributed by atoms with Gasteiger partial charge in [-0.1, -0.05) is 79.5 Å². The van der Waals surface area contributed by atoms with Gasteiger partial charge in [0.05, 0.1) is 17.7 Å². The molecule has 3 aromatic carbocycles. The molecule has 178 valence electrons. The van der Waals surface area contributed by atoms with Gasteiger partial charge in [-0.15, -0.1) is 0 Å². The number of carbonyl (C=O) groups excluding carboxylic acids is 1. The molecular formula is C26H28ClN3O3S. The summed E-state index contributed by atoms with van der Waals surface area (Å²) in [5, 5.41) is 4.54. The van der Waals surface area contributed by atoms with Crippen LogP contribution in [0.2, 0.25) is 5.02 Å². The van der Waals surface area contributed by atoms with E-state index in [0.717, 1.165) is 15.4 Å². The Kier molecular flexibility index (Phi) is 8.61. The summed E-state index contributed by atoms with van der Waals surface area (Å²) >= 11 is 5.95. The lowest BCUT2D eigenvalue weighted by Gasteiger charge is -2.21. The standard InChI is InChI=1S/C26H28ClN3O3S/c1-19(2)23-10-6-21(7-11-23)16-28-29-26(31)18-30(17-22-8-12-24(27)13-9-22)34(32,33)25-14-4-20(3)5-15-25/h4-16,19H,17-18H2,1-3H3,(H,29,31)/b28-16-. The molecular weight excluding hydrogens is 470 g/mol. The predicted molar refractivity (Wildman–Crippen MR) is 136 cm³/mol. The smallest absolute Gasteiger partial charge is 0.255 e. The summed E-state index contributed by atoms with van der Waals surface area (Å²) in [7, 11) is -3.92. The molecule has 0 saturated heterocycles. The van der Waals surface area contributed by atoms with Crippen LogP contribution in [0, 0.1) is 6.92 Å². The zero-order valence-corrected chi connectivity index (χ0v) is 21.0. The van der Waals surface area contributed by atoms with Crippen LogP contribution in [0.15, 0.2) is 82.8 Å². The SMILES string of the molecule is Cc1ccc(S(=O)(=O)N(CC(=O)N/N=C\c2ccc(C(C)C)cc2)Cc2ccc(Cl)cc2)cc1. The number of hydrogen-bond acceptors (Lipinski definition) is 4. The van der Waals surface area contributed by atoms with E-state index >= 15 is 0 Å². The second kappa shape index (κ2) is 11.4. The Labute approximate surface area is 206 Å². The Morgan fingerprint density at radius 1 is 1.00 bits per heavy atom. The van der Waals surface area contributed by atoms with Crippen LogP contribution < -0.4 is 5.43 Å². The number of nitrogens with one attached hydrogen (secondary N) is 1.